The summed E-state index contributed by atoms with van der Waals surface area (Å²) in [6.07, 6.45) is 6.63. The number of hydrogen-bond donors (Lipinski definition) is 2. The molecule has 4 aliphatic rings. The highest BCUT2D eigenvalue weighted by molar-refractivity contribution is 7.89. The predicted molar refractivity (Wildman–Crippen MR) is 149 cm³/mol. The number of piperidine rings is 1. The Morgan fingerprint density at radius 1 is 0.974 bits per heavy atom. The van der Waals surface area contributed by atoms with Crippen molar-refractivity contribution in [3.05, 3.63) is 35.4 Å². The summed E-state index contributed by atoms with van der Waals surface area (Å²) in [6, 6.07) is 7.23. The molecule has 1 aromatic carbocycles. The first-order chi connectivity index (χ1) is 18.4. The van der Waals surface area contributed by atoms with Crippen molar-refractivity contribution >= 4 is 27.6 Å². The van der Waals surface area contributed by atoms with Gasteiger partial charge in [0.15, 0.2) is 0 Å². The average Bonchev–Trinajstić information content (AvgIpc) is 3.24. The topological polar surface area (TPSA) is 113 Å². The lowest BCUT2D eigenvalue weighted by Crippen LogP contribution is -2.55. The van der Waals surface area contributed by atoms with Gasteiger partial charge in [-0.1, -0.05) is 44.9 Å². The van der Waals surface area contributed by atoms with Gasteiger partial charge in [-0.3, -0.25) is 14.4 Å². The van der Waals surface area contributed by atoms with Crippen molar-refractivity contribution in [2.24, 2.45) is 22.7 Å². The van der Waals surface area contributed by atoms with Crippen LogP contribution >= 0.6 is 0 Å². The number of benzene rings is 1. The molecule has 1 aliphatic heterocycles. The van der Waals surface area contributed by atoms with Crippen LogP contribution in [0.2, 0.25) is 0 Å². The van der Waals surface area contributed by atoms with Gasteiger partial charge >= 0.3 is 0 Å². The van der Waals surface area contributed by atoms with Crippen LogP contribution in [-0.4, -0.2) is 61.2 Å². The Morgan fingerprint density at radius 3 is 2.21 bits per heavy atom. The summed E-state index contributed by atoms with van der Waals surface area (Å²) in [4.78, 5) is 39.1. The molecule has 214 valence electrons. The van der Waals surface area contributed by atoms with Crippen LogP contribution in [0.5, 0.6) is 0 Å². The summed E-state index contributed by atoms with van der Waals surface area (Å²) < 4.78 is 28.4. The molecule has 3 saturated carbocycles. The lowest BCUT2D eigenvalue weighted by atomic mass is 9.70. The zero-order valence-electron chi connectivity index (χ0n) is 23.5. The molecule has 39 heavy (non-hydrogen) atoms. The summed E-state index contributed by atoms with van der Waals surface area (Å²) in [6.45, 7) is 6.63. The van der Waals surface area contributed by atoms with E-state index in [0.29, 0.717) is 44.3 Å². The van der Waals surface area contributed by atoms with Crippen molar-refractivity contribution in [3.8, 4) is 0 Å². The second-order valence-corrected chi connectivity index (χ2v) is 14.9. The van der Waals surface area contributed by atoms with E-state index in [1.165, 1.54) is 4.31 Å². The standard InChI is InChI=1S/C30H43N3O5S/c1-20-8-4-5-9-23(20)28(36)32-25-11-7-6-10-24(25)31-27(35)21-13-16-33(17-14-21)39(37,38)19-30-15-12-22(18-26(30)34)29(30,2)3/h4-5,8-9,21-22,24-25H,6-7,10-19H2,1-3H3,(H,31,35)(H,32,36)/t22?,24-,25-,30-/m1/s1. The third-order valence-corrected chi connectivity index (χ3v) is 12.6. The quantitative estimate of drug-likeness (QED) is 0.532. The number of hydrogen-bond acceptors (Lipinski definition) is 5. The van der Waals surface area contributed by atoms with Crippen LogP contribution in [0.1, 0.15) is 87.6 Å². The van der Waals surface area contributed by atoms with E-state index in [1.54, 1.807) is 0 Å². The monoisotopic (exact) mass is 557 g/mol. The van der Waals surface area contributed by atoms with E-state index in [1.807, 2.05) is 31.2 Å². The summed E-state index contributed by atoms with van der Waals surface area (Å²) in [7, 11) is -3.61. The van der Waals surface area contributed by atoms with Crippen LogP contribution in [0, 0.1) is 29.6 Å². The molecule has 2 amide bonds. The molecule has 0 radical (unpaired) electrons. The Bertz CT molecular complexity index is 1240. The fourth-order valence-corrected chi connectivity index (χ4v) is 10.0. The first kappa shape index (κ1) is 28.3. The molecule has 0 aromatic heterocycles. The van der Waals surface area contributed by atoms with Crippen molar-refractivity contribution in [2.45, 2.75) is 90.6 Å². The molecule has 0 spiro atoms. The second kappa shape index (κ2) is 10.6. The van der Waals surface area contributed by atoms with Crippen LogP contribution in [0.25, 0.3) is 0 Å². The third kappa shape index (κ3) is 5.17. The molecule has 1 aromatic rings. The molecule has 1 saturated heterocycles. The maximum atomic E-state index is 13.5. The molecule has 2 bridgehead atoms. The number of fused-ring (bicyclic) bond motifs is 2. The molecule has 1 heterocycles. The predicted octanol–water partition coefficient (Wildman–Crippen LogP) is 3.59. The molecule has 4 atom stereocenters. The molecule has 9 heteroatoms. The number of Topliss-reactive ketones (excluding diaryl/α,β-unsaturated/α-hetero) is 1. The Kier molecular flexibility index (Phi) is 7.70. The molecule has 3 aliphatic carbocycles. The molecule has 1 unspecified atom stereocenters. The van der Waals surface area contributed by atoms with Gasteiger partial charge in [-0.15, -0.1) is 0 Å². The molecule has 4 fully saturated rings. The zero-order valence-corrected chi connectivity index (χ0v) is 24.3. The maximum absolute atomic E-state index is 13.5. The van der Waals surface area contributed by atoms with Gasteiger partial charge in [0, 0.05) is 48.5 Å². The Morgan fingerprint density at radius 2 is 1.62 bits per heavy atom. The van der Waals surface area contributed by atoms with Crippen LogP contribution in [0.4, 0.5) is 0 Å². The molecular formula is C30H43N3O5S. The zero-order chi connectivity index (χ0) is 28.0. The van der Waals surface area contributed by atoms with Crippen LogP contribution in [0.15, 0.2) is 24.3 Å². The Labute approximate surface area is 232 Å². The highest BCUT2D eigenvalue weighted by Crippen LogP contribution is 2.64. The van der Waals surface area contributed by atoms with Crippen LogP contribution < -0.4 is 10.6 Å². The van der Waals surface area contributed by atoms with Gasteiger partial charge in [0.1, 0.15) is 5.78 Å². The van der Waals surface area contributed by atoms with E-state index in [2.05, 4.69) is 24.5 Å². The van der Waals surface area contributed by atoms with Gasteiger partial charge in [-0.25, -0.2) is 12.7 Å². The minimum Gasteiger partial charge on any atom is -0.351 e. The molecule has 5 rings (SSSR count). The summed E-state index contributed by atoms with van der Waals surface area (Å²) in [5, 5.41) is 6.34. The van der Waals surface area contributed by atoms with Crippen molar-refractivity contribution in [1.29, 1.82) is 0 Å². The summed E-state index contributed by atoms with van der Waals surface area (Å²) >= 11 is 0. The van der Waals surface area contributed by atoms with Gasteiger partial charge in [0.05, 0.1) is 5.75 Å². The van der Waals surface area contributed by atoms with Crippen molar-refractivity contribution in [2.75, 3.05) is 18.8 Å². The van der Waals surface area contributed by atoms with Crippen LogP contribution in [-0.2, 0) is 19.6 Å². The number of aryl methyl sites for hydroxylation is 1. The summed E-state index contributed by atoms with van der Waals surface area (Å²) in [5.74, 6) is -0.153. The lowest BCUT2D eigenvalue weighted by Gasteiger charge is -2.39. The van der Waals surface area contributed by atoms with E-state index in [0.717, 1.165) is 37.7 Å². The van der Waals surface area contributed by atoms with E-state index in [4.69, 9.17) is 0 Å². The largest absolute Gasteiger partial charge is 0.351 e. The number of rotatable bonds is 7. The highest BCUT2D eigenvalue weighted by atomic mass is 32.2. The maximum Gasteiger partial charge on any atom is 0.251 e. The number of amides is 2. The van der Waals surface area contributed by atoms with E-state index in [-0.39, 0.29) is 52.7 Å². The van der Waals surface area contributed by atoms with Gasteiger partial charge < -0.3 is 10.6 Å². The summed E-state index contributed by atoms with van der Waals surface area (Å²) in [5.41, 5.74) is 0.502. The van der Waals surface area contributed by atoms with Gasteiger partial charge in [0.25, 0.3) is 5.91 Å². The van der Waals surface area contributed by atoms with Crippen molar-refractivity contribution in [3.63, 3.8) is 0 Å². The van der Waals surface area contributed by atoms with Crippen LogP contribution in [0.3, 0.4) is 0 Å². The normalized spacial score (nSPS) is 31.3. The number of ketones is 1. The third-order valence-electron chi connectivity index (χ3n) is 10.6. The fourth-order valence-electron chi connectivity index (χ4n) is 7.76. The first-order valence-electron chi connectivity index (χ1n) is 14.6. The van der Waals surface area contributed by atoms with E-state index < -0.39 is 15.4 Å². The Balaban J connectivity index is 1.16. The molecule has 2 N–H and O–H groups in total. The number of carbonyl (C=O) groups is 3. The highest BCUT2D eigenvalue weighted by Gasteiger charge is 2.65. The smallest absolute Gasteiger partial charge is 0.251 e. The minimum atomic E-state index is -3.61. The lowest BCUT2D eigenvalue weighted by molar-refractivity contribution is -0.128. The molecule has 8 nitrogen and oxygen atoms in total. The van der Waals surface area contributed by atoms with Crippen molar-refractivity contribution < 1.29 is 22.8 Å². The van der Waals surface area contributed by atoms with E-state index >= 15 is 0 Å². The number of nitrogens with zero attached hydrogens (tertiary/aromatic N) is 1. The minimum absolute atomic E-state index is 0.0570. The van der Waals surface area contributed by atoms with E-state index in [9.17, 15) is 22.8 Å². The van der Waals surface area contributed by atoms with Crippen molar-refractivity contribution in [1.82, 2.24) is 14.9 Å². The first-order valence-corrected chi connectivity index (χ1v) is 16.2. The number of carbonyl (C=O) groups excluding carboxylic acids is 3. The molecular weight excluding hydrogens is 514 g/mol. The van der Waals surface area contributed by atoms with Gasteiger partial charge in [-0.05, 0) is 68.4 Å². The van der Waals surface area contributed by atoms with Gasteiger partial charge in [0.2, 0.25) is 15.9 Å². The SMILES string of the molecule is Cc1ccccc1C(=O)N[C@@H]1CCCC[C@H]1NC(=O)C1CCN(S(=O)(=O)C[C@]23CCC(CC2=O)C3(C)C)CC1. The number of sulfonamides is 1. The van der Waals surface area contributed by atoms with Gasteiger partial charge in [-0.2, -0.15) is 0 Å². The second-order valence-electron chi connectivity index (χ2n) is 12.9. The number of nitrogens with one attached hydrogen (secondary N) is 2. The average molecular weight is 558 g/mol. The Hall–Kier alpha value is -2.26. The fraction of sp³-hybridized carbons (Fsp3) is 0.700.